The zero-order chi connectivity index (χ0) is 23.9. The van der Waals surface area contributed by atoms with Crippen molar-refractivity contribution in [3.63, 3.8) is 0 Å². The highest BCUT2D eigenvalue weighted by atomic mass is 32.2. The minimum Gasteiger partial charge on any atom is -0.480 e. The van der Waals surface area contributed by atoms with E-state index in [1.165, 1.54) is 23.5 Å². The van der Waals surface area contributed by atoms with Crippen molar-refractivity contribution in [2.75, 3.05) is 30.6 Å². The van der Waals surface area contributed by atoms with Gasteiger partial charge in [0.15, 0.2) is 0 Å². The molecule has 0 heterocycles. The number of amides is 3. The normalized spacial score (nSPS) is 13.5. The van der Waals surface area contributed by atoms with Crippen molar-refractivity contribution in [3.05, 3.63) is 35.9 Å². The molecule has 6 N–H and O–H groups in total. The largest absolute Gasteiger partial charge is 0.480 e. The zero-order valence-electron chi connectivity index (χ0n) is 18.3. The van der Waals surface area contributed by atoms with Crippen LogP contribution in [0.3, 0.4) is 0 Å². The summed E-state index contributed by atoms with van der Waals surface area (Å²) in [4.78, 5) is 48.5. The van der Waals surface area contributed by atoms with Gasteiger partial charge in [0.1, 0.15) is 12.1 Å². The van der Waals surface area contributed by atoms with Crippen LogP contribution in [0.15, 0.2) is 30.3 Å². The van der Waals surface area contributed by atoms with Gasteiger partial charge in [-0.1, -0.05) is 30.3 Å². The Morgan fingerprint density at radius 2 is 1.53 bits per heavy atom. The molecule has 0 bridgehead atoms. The summed E-state index contributed by atoms with van der Waals surface area (Å²) in [7, 11) is 0. The first-order valence-corrected chi connectivity index (χ1v) is 12.9. The number of rotatable bonds is 15. The molecule has 0 radical (unpaired) electrons. The third kappa shape index (κ3) is 10.9. The van der Waals surface area contributed by atoms with Crippen molar-refractivity contribution in [1.29, 1.82) is 0 Å². The van der Waals surface area contributed by atoms with Gasteiger partial charge in [-0.2, -0.15) is 23.5 Å². The highest BCUT2D eigenvalue weighted by Crippen LogP contribution is 2.05. The molecule has 32 heavy (non-hydrogen) atoms. The smallest absolute Gasteiger partial charge is 0.326 e. The van der Waals surface area contributed by atoms with Crippen molar-refractivity contribution in [2.45, 2.75) is 37.4 Å². The number of hydrogen-bond acceptors (Lipinski definition) is 7. The van der Waals surface area contributed by atoms with Gasteiger partial charge in [0, 0.05) is 0 Å². The molecule has 1 aromatic rings. The number of carboxylic acids is 1. The lowest BCUT2D eigenvalue weighted by Crippen LogP contribution is -2.54. The molecule has 0 aliphatic rings. The maximum atomic E-state index is 12.6. The number of nitrogens with one attached hydrogen (secondary N) is 3. The molecule has 0 aromatic heterocycles. The average molecular weight is 485 g/mol. The van der Waals surface area contributed by atoms with E-state index in [1.807, 2.05) is 42.8 Å². The Hall–Kier alpha value is -2.24. The number of thioether (sulfide) groups is 2. The average Bonchev–Trinajstić information content (AvgIpc) is 2.77. The molecule has 1 rings (SSSR count). The molecule has 1 aromatic carbocycles. The quantitative estimate of drug-likeness (QED) is 0.237. The fourth-order valence-electron chi connectivity index (χ4n) is 2.77. The molecule has 178 valence electrons. The van der Waals surface area contributed by atoms with Crippen LogP contribution >= 0.6 is 23.5 Å². The third-order valence-electron chi connectivity index (χ3n) is 4.55. The van der Waals surface area contributed by atoms with Crippen molar-refractivity contribution in [1.82, 2.24) is 16.0 Å². The predicted octanol–water partition coefficient (Wildman–Crippen LogP) is 0.233. The molecule has 3 amide bonds. The van der Waals surface area contributed by atoms with Gasteiger partial charge in [0.25, 0.3) is 0 Å². The van der Waals surface area contributed by atoms with E-state index in [0.717, 1.165) is 5.56 Å². The van der Waals surface area contributed by atoms with Gasteiger partial charge in [-0.3, -0.25) is 14.4 Å². The Labute approximate surface area is 197 Å². The zero-order valence-corrected chi connectivity index (χ0v) is 20.0. The highest BCUT2D eigenvalue weighted by molar-refractivity contribution is 7.98. The van der Waals surface area contributed by atoms with Crippen LogP contribution in [0.25, 0.3) is 0 Å². The SMILES string of the molecule is CSCCC(NC(=O)C(CCSC)NC(=O)CNC(=O)C(N)Cc1ccccc1)C(=O)O. The Kier molecular flexibility index (Phi) is 13.5. The molecule has 0 aliphatic heterocycles. The molecule has 0 saturated carbocycles. The van der Waals surface area contributed by atoms with Gasteiger partial charge >= 0.3 is 5.97 Å². The van der Waals surface area contributed by atoms with Gasteiger partial charge in [-0.15, -0.1) is 0 Å². The summed E-state index contributed by atoms with van der Waals surface area (Å²) in [5.41, 5.74) is 6.81. The second kappa shape index (κ2) is 15.5. The summed E-state index contributed by atoms with van der Waals surface area (Å²) >= 11 is 2.98. The van der Waals surface area contributed by atoms with Crippen LogP contribution in [0.1, 0.15) is 18.4 Å². The maximum Gasteiger partial charge on any atom is 0.326 e. The van der Waals surface area contributed by atoms with E-state index < -0.39 is 41.8 Å². The van der Waals surface area contributed by atoms with Crippen molar-refractivity contribution in [3.8, 4) is 0 Å². The van der Waals surface area contributed by atoms with Crippen molar-refractivity contribution >= 4 is 47.2 Å². The molecule has 11 heteroatoms. The molecule has 9 nitrogen and oxygen atoms in total. The monoisotopic (exact) mass is 484 g/mol. The fourth-order valence-corrected chi connectivity index (χ4v) is 3.72. The molecule has 3 atom stereocenters. The Bertz CT molecular complexity index is 751. The van der Waals surface area contributed by atoms with E-state index >= 15 is 0 Å². The number of aliphatic carboxylic acids is 1. The molecular formula is C21H32N4O5S2. The van der Waals surface area contributed by atoms with Crippen LogP contribution in [0.5, 0.6) is 0 Å². The number of carbonyl (C=O) groups is 4. The molecule has 0 fully saturated rings. The van der Waals surface area contributed by atoms with E-state index in [1.54, 1.807) is 0 Å². The molecule has 3 unspecified atom stereocenters. The van der Waals surface area contributed by atoms with Crippen LogP contribution < -0.4 is 21.7 Å². The van der Waals surface area contributed by atoms with Crippen LogP contribution in [0.2, 0.25) is 0 Å². The Morgan fingerprint density at radius 1 is 0.938 bits per heavy atom. The Morgan fingerprint density at radius 3 is 2.09 bits per heavy atom. The van der Waals surface area contributed by atoms with Gasteiger partial charge in [0.05, 0.1) is 12.6 Å². The topological polar surface area (TPSA) is 151 Å². The molecule has 0 spiro atoms. The van der Waals surface area contributed by atoms with Gasteiger partial charge in [-0.25, -0.2) is 4.79 Å². The number of nitrogens with two attached hydrogens (primary N) is 1. The molecule has 0 saturated heterocycles. The summed E-state index contributed by atoms with van der Waals surface area (Å²) in [5, 5.41) is 16.9. The van der Waals surface area contributed by atoms with Crippen LogP contribution in [0.4, 0.5) is 0 Å². The maximum absolute atomic E-state index is 12.6. The summed E-state index contributed by atoms with van der Waals surface area (Å²) in [6.45, 7) is -0.334. The Balaban J connectivity index is 2.59. The predicted molar refractivity (Wildman–Crippen MR) is 129 cm³/mol. The number of carbonyl (C=O) groups excluding carboxylic acids is 3. The lowest BCUT2D eigenvalue weighted by Gasteiger charge is -2.21. The van der Waals surface area contributed by atoms with E-state index in [-0.39, 0.29) is 13.0 Å². The molecular weight excluding hydrogens is 452 g/mol. The number of benzene rings is 1. The van der Waals surface area contributed by atoms with E-state index in [4.69, 9.17) is 5.73 Å². The molecule has 0 aliphatic carbocycles. The van der Waals surface area contributed by atoms with Gasteiger partial charge in [-0.05, 0) is 48.8 Å². The first kappa shape index (κ1) is 27.8. The van der Waals surface area contributed by atoms with E-state index in [9.17, 15) is 24.3 Å². The second-order valence-electron chi connectivity index (χ2n) is 7.10. The lowest BCUT2D eigenvalue weighted by molar-refractivity contribution is -0.142. The minimum atomic E-state index is -1.12. The highest BCUT2D eigenvalue weighted by Gasteiger charge is 2.26. The van der Waals surface area contributed by atoms with Crippen molar-refractivity contribution < 1.29 is 24.3 Å². The van der Waals surface area contributed by atoms with Crippen LogP contribution in [-0.4, -0.2) is 77.5 Å². The van der Waals surface area contributed by atoms with Crippen molar-refractivity contribution in [2.24, 2.45) is 5.73 Å². The minimum absolute atomic E-state index is 0.279. The van der Waals surface area contributed by atoms with Crippen LogP contribution in [-0.2, 0) is 25.6 Å². The standard InChI is InChI=1S/C21H32N4O5S2/c1-31-10-8-16(20(28)25-17(21(29)30)9-11-32-2)24-18(26)13-23-19(27)15(22)12-14-6-4-3-5-7-14/h3-7,15-17H,8-13,22H2,1-2H3,(H,23,27)(H,24,26)(H,25,28)(H,29,30). The van der Waals surface area contributed by atoms with E-state index in [0.29, 0.717) is 24.3 Å². The first-order valence-electron chi connectivity index (χ1n) is 10.2. The second-order valence-corrected chi connectivity index (χ2v) is 9.07. The fraction of sp³-hybridized carbons (Fsp3) is 0.524. The number of carboxylic acid groups (broad SMARTS) is 1. The summed E-state index contributed by atoms with van der Waals surface area (Å²) in [6.07, 6.45) is 4.65. The number of hydrogen-bond donors (Lipinski definition) is 5. The first-order chi connectivity index (χ1) is 15.3. The summed E-state index contributed by atoms with van der Waals surface area (Å²) < 4.78 is 0. The third-order valence-corrected chi connectivity index (χ3v) is 5.83. The summed E-state index contributed by atoms with van der Waals surface area (Å²) in [6, 6.07) is 6.54. The van der Waals surface area contributed by atoms with Crippen LogP contribution in [0, 0.1) is 0 Å². The summed E-state index contributed by atoms with van der Waals surface area (Å²) in [5.74, 6) is -1.54. The lowest BCUT2D eigenvalue weighted by atomic mass is 10.1. The van der Waals surface area contributed by atoms with E-state index in [2.05, 4.69) is 16.0 Å². The van der Waals surface area contributed by atoms with Gasteiger partial charge < -0.3 is 26.8 Å². The van der Waals surface area contributed by atoms with Gasteiger partial charge in [0.2, 0.25) is 17.7 Å².